The molecule has 2 nitrogen and oxygen atoms in total. The fourth-order valence-corrected chi connectivity index (χ4v) is 0.269. The maximum atomic E-state index is 11.8. The Morgan fingerprint density at radius 2 is 1.18 bits per heavy atom. The van der Waals surface area contributed by atoms with E-state index in [0.717, 1.165) is 0 Å². The van der Waals surface area contributed by atoms with Crippen LogP contribution in [0.2, 0.25) is 0 Å². The van der Waals surface area contributed by atoms with E-state index >= 15 is 0 Å². The van der Waals surface area contributed by atoms with Crippen LogP contribution in [0, 0.1) is 0 Å². The van der Waals surface area contributed by atoms with E-state index in [1.165, 1.54) is 0 Å². The Labute approximate surface area is 58.3 Å². The van der Waals surface area contributed by atoms with Gasteiger partial charge in [0.1, 0.15) is 0 Å². The van der Waals surface area contributed by atoms with E-state index in [9.17, 15) is 22.0 Å². The van der Waals surface area contributed by atoms with Gasteiger partial charge in [0, 0.05) is 0 Å². The van der Waals surface area contributed by atoms with Crippen molar-refractivity contribution in [3.05, 3.63) is 0 Å². The number of aliphatic hydroxyl groups is 2. The third kappa shape index (κ3) is 1.78. The van der Waals surface area contributed by atoms with Gasteiger partial charge in [0.2, 0.25) is 5.79 Å². The number of hydrogen-bond donors (Lipinski definition) is 2. The van der Waals surface area contributed by atoms with Gasteiger partial charge in [-0.1, -0.05) is 0 Å². The van der Waals surface area contributed by atoms with Crippen LogP contribution in [0.5, 0.6) is 0 Å². The fraction of sp³-hybridized carbons (Fsp3) is 1.00. The molecule has 0 aliphatic heterocycles. The molecule has 0 aliphatic carbocycles. The van der Waals surface area contributed by atoms with Crippen molar-refractivity contribution < 1.29 is 32.2 Å². The van der Waals surface area contributed by atoms with E-state index in [4.69, 9.17) is 10.2 Å². The maximum absolute atomic E-state index is 11.8. The molecule has 0 saturated heterocycles. The molecule has 0 aromatic carbocycles. The summed E-state index contributed by atoms with van der Waals surface area (Å²) in [5, 5.41) is 15.9. The molecule has 0 aliphatic rings. The summed E-state index contributed by atoms with van der Waals surface area (Å²) >= 11 is 0. The molecule has 0 amide bonds. The SMILES string of the molecule is CC(O)(O)C(F)(F)C(F)(F)F. The topological polar surface area (TPSA) is 40.5 Å². The van der Waals surface area contributed by atoms with Gasteiger partial charge in [-0.3, -0.25) is 0 Å². The van der Waals surface area contributed by atoms with Gasteiger partial charge in [0.15, 0.2) is 0 Å². The summed E-state index contributed by atoms with van der Waals surface area (Å²) in [6.07, 6.45) is -5.95. The van der Waals surface area contributed by atoms with Gasteiger partial charge in [0.25, 0.3) is 0 Å². The smallest absolute Gasteiger partial charge is 0.361 e. The summed E-state index contributed by atoms with van der Waals surface area (Å²) in [5.74, 6) is -9.59. The lowest BCUT2D eigenvalue weighted by Crippen LogP contribution is -2.55. The van der Waals surface area contributed by atoms with Crippen molar-refractivity contribution in [2.45, 2.75) is 24.8 Å². The highest BCUT2D eigenvalue weighted by atomic mass is 19.4. The summed E-state index contributed by atoms with van der Waals surface area (Å²) < 4.78 is 57.4. The molecular weight excluding hydrogens is 175 g/mol. The van der Waals surface area contributed by atoms with Gasteiger partial charge in [-0.2, -0.15) is 22.0 Å². The monoisotopic (exact) mass is 180 g/mol. The Balaban J connectivity index is 4.75. The predicted molar refractivity (Wildman–Crippen MR) is 23.8 cm³/mol. The van der Waals surface area contributed by atoms with Crippen molar-refractivity contribution in [2.24, 2.45) is 0 Å². The first-order chi connectivity index (χ1) is 4.50. The van der Waals surface area contributed by atoms with Crippen molar-refractivity contribution >= 4 is 0 Å². The van der Waals surface area contributed by atoms with Crippen LogP contribution in [0.3, 0.4) is 0 Å². The second kappa shape index (κ2) is 2.28. The molecule has 68 valence electrons. The summed E-state index contributed by atoms with van der Waals surface area (Å²) in [7, 11) is 0. The Morgan fingerprint density at radius 1 is 0.909 bits per heavy atom. The van der Waals surface area contributed by atoms with Crippen molar-refractivity contribution in [2.75, 3.05) is 0 Å². The lowest BCUT2D eigenvalue weighted by molar-refractivity contribution is -0.388. The highest BCUT2D eigenvalue weighted by Crippen LogP contribution is 2.41. The van der Waals surface area contributed by atoms with E-state index in [1.54, 1.807) is 0 Å². The third-order valence-electron chi connectivity index (χ3n) is 0.951. The van der Waals surface area contributed by atoms with E-state index in [1.807, 2.05) is 0 Å². The molecule has 0 bridgehead atoms. The third-order valence-corrected chi connectivity index (χ3v) is 0.951. The molecule has 0 fully saturated rings. The van der Waals surface area contributed by atoms with Gasteiger partial charge in [0.05, 0.1) is 0 Å². The van der Waals surface area contributed by atoms with Crippen LogP contribution in [0.15, 0.2) is 0 Å². The largest absolute Gasteiger partial charge is 0.459 e. The molecule has 0 aromatic heterocycles. The van der Waals surface area contributed by atoms with E-state index < -0.39 is 17.9 Å². The predicted octanol–water partition coefficient (Wildman–Crippen LogP) is 0.885. The first-order valence-electron chi connectivity index (χ1n) is 2.39. The average molecular weight is 180 g/mol. The van der Waals surface area contributed by atoms with Crippen LogP contribution in [0.1, 0.15) is 6.92 Å². The summed E-state index contributed by atoms with van der Waals surface area (Å²) in [5.41, 5.74) is 0. The Kier molecular flexibility index (Phi) is 2.19. The van der Waals surface area contributed by atoms with Gasteiger partial charge >= 0.3 is 12.1 Å². The van der Waals surface area contributed by atoms with Gasteiger partial charge in [-0.05, 0) is 6.92 Å². The molecule has 0 atom stereocenters. The van der Waals surface area contributed by atoms with Crippen LogP contribution in [0.4, 0.5) is 22.0 Å². The van der Waals surface area contributed by atoms with Crippen LogP contribution >= 0.6 is 0 Å². The second-order valence-corrected chi connectivity index (χ2v) is 2.09. The number of rotatable bonds is 1. The summed E-state index contributed by atoms with van der Waals surface area (Å²) in [4.78, 5) is 0. The first-order valence-corrected chi connectivity index (χ1v) is 2.39. The number of hydrogen-bond acceptors (Lipinski definition) is 2. The standard InChI is InChI=1S/C4H5F5O2/c1-2(10,11)3(5,6)4(7,8)9/h10-11H,1H3. The zero-order valence-corrected chi connectivity index (χ0v) is 5.28. The lowest BCUT2D eigenvalue weighted by Gasteiger charge is -2.28. The quantitative estimate of drug-likeness (QED) is 0.464. The minimum Gasteiger partial charge on any atom is -0.361 e. The maximum Gasteiger partial charge on any atom is 0.459 e. The molecule has 0 radical (unpaired) electrons. The van der Waals surface area contributed by atoms with E-state index in [0.29, 0.717) is 0 Å². The van der Waals surface area contributed by atoms with Crippen molar-refractivity contribution in [3.63, 3.8) is 0 Å². The van der Waals surface area contributed by atoms with E-state index in [-0.39, 0.29) is 6.92 Å². The molecular formula is C4H5F5O2. The molecule has 0 unspecified atom stereocenters. The Hall–Kier alpha value is -0.430. The van der Waals surface area contributed by atoms with Crippen molar-refractivity contribution in [3.8, 4) is 0 Å². The van der Waals surface area contributed by atoms with Crippen LogP contribution in [0.25, 0.3) is 0 Å². The van der Waals surface area contributed by atoms with Crippen LogP contribution < -0.4 is 0 Å². The van der Waals surface area contributed by atoms with Crippen molar-refractivity contribution in [1.82, 2.24) is 0 Å². The molecule has 2 N–H and O–H groups in total. The number of halogens is 5. The summed E-state index contributed by atoms with van der Waals surface area (Å²) in [6.45, 7) is -0.0412. The zero-order valence-electron chi connectivity index (χ0n) is 5.28. The zero-order chi connectivity index (χ0) is 9.50. The molecule has 0 aromatic rings. The molecule has 0 heterocycles. The molecule has 0 rings (SSSR count). The average Bonchev–Trinajstić information content (AvgIpc) is 1.58. The van der Waals surface area contributed by atoms with E-state index in [2.05, 4.69) is 0 Å². The van der Waals surface area contributed by atoms with Crippen LogP contribution in [-0.2, 0) is 0 Å². The lowest BCUT2D eigenvalue weighted by atomic mass is 10.1. The first kappa shape index (κ1) is 10.6. The molecule has 7 heteroatoms. The molecule has 0 saturated carbocycles. The normalized spacial score (nSPS) is 15.3. The Bertz CT molecular complexity index is 128. The van der Waals surface area contributed by atoms with Gasteiger partial charge in [-0.25, -0.2) is 0 Å². The Morgan fingerprint density at radius 3 is 1.18 bits per heavy atom. The highest BCUT2D eigenvalue weighted by Gasteiger charge is 2.68. The molecule has 0 spiro atoms. The minimum atomic E-state index is -5.95. The van der Waals surface area contributed by atoms with Gasteiger partial charge in [-0.15, -0.1) is 0 Å². The summed E-state index contributed by atoms with van der Waals surface area (Å²) in [6, 6.07) is 0. The highest BCUT2D eigenvalue weighted by molar-refractivity contribution is 4.86. The minimum absolute atomic E-state index is 0.0412. The fourth-order valence-electron chi connectivity index (χ4n) is 0.269. The second-order valence-electron chi connectivity index (χ2n) is 2.09. The van der Waals surface area contributed by atoms with Gasteiger partial charge < -0.3 is 10.2 Å². The molecule has 11 heavy (non-hydrogen) atoms. The van der Waals surface area contributed by atoms with Crippen molar-refractivity contribution in [1.29, 1.82) is 0 Å². The van der Waals surface area contributed by atoms with Crippen LogP contribution in [-0.4, -0.2) is 28.1 Å². The number of alkyl halides is 5.